The van der Waals surface area contributed by atoms with Crippen LogP contribution >= 0.6 is 0 Å². The van der Waals surface area contributed by atoms with Crippen LogP contribution in [-0.4, -0.2) is 44.3 Å². The molecule has 8 heteroatoms. The van der Waals surface area contributed by atoms with Gasteiger partial charge in [0, 0.05) is 26.0 Å². The molecule has 0 aliphatic heterocycles. The third kappa shape index (κ3) is 3.29. The molecule has 0 aromatic carbocycles. The van der Waals surface area contributed by atoms with Crippen LogP contribution in [0.4, 0.5) is 10.5 Å². The van der Waals surface area contributed by atoms with E-state index in [1.807, 2.05) is 6.07 Å². The van der Waals surface area contributed by atoms with Crippen molar-refractivity contribution in [2.75, 3.05) is 18.9 Å². The van der Waals surface area contributed by atoms with Crippen molar-refractivity contribution < 1.29 is 4.79 Å². The lowest BCUT2D eigenvalue weighted by molar-refractivity contribution is 0.223. The molecule has 0 saturated carbocycles. The first-order chi connectivity index (χ1) is 9.70. The molecule has 0 radical (unpaired) electrons. The van der Waals surface area contributed by atoms with Crippen LogP contribution in [0.25, 0.3) is 5.95 Å². The zero-order valence-electron chi connectivity index (χ0n) is 10.9. The highest BCUT2D eigenvalue weighted by Crippen LogP contribution is 2.08. The maximum Gasteiger partial charge on any atom is 0.321 e. The maximum atomic E-state index is 11.8. The first-order valence-electron chi connectivity index (χ1n) is 5.92. The number of nitrogens with zero attached hydrogens (tertiary/aromatic N) is 6. The molecule has 0 spiro atoms. The standard InChI is InChI=1S/C12H13N7O/c1-18(7-2-4-13)12(20)17-10-8-16-19(9-10)11-14-5-3-6-15-11/h3,5-6,8-9H,2,7H2,1H3,(H,17,20). The molecule has 20 heavy (non-hydrogen) atoms. The first kappa shape index (κ1) is 13.5. The number of amides is 2. The minimum Gasteiger partial charge on any atom is -0.327 e. The van der Waals surface area contributed by atoms with Crippen molar-refractivity contribution in [3.63, 3.8) is 0 Å². The van der Waals surface area contributed by atoms with Gasteiger partial charge in [0.1, 0.15) is 0 Å². The van der Waals surface area contributed by atoms with Gasteiger partial charge in [-0.1, -0.05) is 0 Å². The normalized spacial score (nSPS) is 9.80. The molecule has 2 heterocycles. The average Bonchev–Trinajstić information content (AvgIpc) is 2.94. The zero-order chi connectivity index (χ0) is 14.4. The SMILES string of the molecule is CN(CCC#N)C(=O)Nc1cnn(-c2ncccn2)c1. The summed E-state index contributed by atoms with van der Waals surface area (Å²) in [5.41, 5.74) is 0.534. The predicted octanol–water partition coefficient (Wildman–Crippen LogP) is 1.04. The highest BCUT2D eigenvalue weighted by molar-refractivity contribution is 5.88. The Hall–Kier alpha value is -2.95. The van der Waals surface area contributed by atoms with E-state index in [0.717, 1.165) is 0 Å². The summed E-state index contributed by atoms with van der Waals surface area (Å²) >= 11 is 0. The molecule has 2 rings (SSSR count). The number of carbonyl (C=O) groups excluding carboxylic acids is 1. The lowest BCUT2D eigenvalue weighted by Crippen LogP contribution is -2.31. The number of hydrogen-bond acceptors (Lipinski definition) is 5. The van der Waals surface area contributed by atoms with Gasteiger partial charge in [-0.2, -0.15) is 10.4 Å². The molecule has 0 saturated heterocycles. The highest BCUT2D eigenvalue weighted by Gasteiger charge is 2.10. The number of carbonyl (C=O) groups is 1. The molecular formula is C12H13N7O. The fourth-order valence-corrected chi connectivity index (χ4v) is 1.44. The van der Waals surface area contributed by atoms with Crippen molar-refractivity contribution in [2.24, 2.45) is 0 Å². The molecule has 8 nitrogen and oxygen atoms in total. The molecule has 1 N–H and O–H groups in total. The Balaban J connectivity index is 2.00. The Morgan fingerprint density at radius 3 is 2.95 bits per heavy atom. The molecule has 0 atom stereocenters. The second-order valence-corrected chi connectivity index (χ2v) is 3.98. The summed E-state index contributed by atoms with van der Waals surface area (Å²) in [6.07, 6.45) is 6.63. The summed E-state index contributed by atoms with van der Waals surface area (Å²) in [6.45, 7) is 0.373. The van der Waals surface area contributed by atoms with Crippen LogP contribution in [-0.2, 0) is 0 Å². The molecule has 0 bridgehead atoms. The van der Waals surface area contributed by atoms with E-state index in [9.17, 15) is 4.79 Å². The quantitative estimate of drug-likeness (QED) is 0.895. The third-order valence-corrected chi connectivity index (χ3v) is 2.50. The van der Waals surface area contributed by atoms with Gasteiger partial charge in [0.25, 0.3) is 0 Å². The van der Waals surface area contributed by atoms with E-state index in [0.29, 0.717) is 24.6 Å². The molecule has 0 unspecified atom stereocenters. The van der Waals surface area contributed by atoms with Crippen LogP contribution in [0.5, 0.6) is 0 Å². The smallest absolute Gasteiger partial charge is 0.321 e. The summed E-state index contributed by atoms with van der Waals surface area (Å²) in [6, 6.07) is 3.40. The van der Waals surface area contributed by atoms with Crippen molar-refractivity contribution in [3.8, 4) is 12.0 Å². The lowest BCUT2D eigenvalue weighted by atomic mass is 10.4. The van der Waals surface area contributed by atoms with E-state index in [4.69, 9.17) is 5.26 Å². The second-order valence-electron chi connectivity index (χ2n) is 3.98. The van der Waals surface area contributed by atoms with Gasteiger partial charge in [-0.15, -0.1) is 0 Å². The van der Waals surface area contributed by atoms with Gasteiger partial charge in [0.2, 0.25) is 5.95 Å². The highest BCUT2D eigenvalue weighted by atomic mass is 16.2. The van der Waals surface area contributed by atoms with E-state index in [1.165, 1.54) is 15.8 Å². The predicted molar refractivity (Wildman–Crippen MR) is 71.0 cm³/mol. The number of rotatable bonds is 4. The maximum absolute atomic E-state index is 11.8. The summed E-state index contributed by atoms with van der Waals surface area (Å²) in [5.74, 6) is 0.422. The second kappa shape index (κ2) is 6.29. The summed E-state index contributed by atoms with van der Waals surface area (Å²) in [5, 5.41) is 15.2. The van der Waals surface area contributed by atoms with Crippen LogP contribution in [0.3, 0.4) is 0 Å². The van der Waals surface area contributed by atoms with Crippen molar-refractivity contribution in [2.45, 2.75) is 6.42 Å². The van der Waals surface area contributed by atoms with E-state index in [1.54, 1.807) is 31.7 Å². The van der Waals surface area contributed by atoms with Crippen molar-refractivity contribution in [1.82, 2.24) is 24.6 Å². The monoisotopic (exact) mass is 271 g/mol. The number of nitriles is 1. The Labute approximate surface area is 115 Å². The first-order valence-corrected chi connectivity index (χ1v) is 5.92. The van der Waals surface area contributed by atoms with Gasteiger partial charge in [0.05, 0.1) is 30.6 Å². The zero-order valence-corrected chi connectivity index (χ0v) is 10.9. The molecule has 102 valence electrons. The molecule has 0 aliphatic carbocycles. The lowest BCUT2D eigenvalue weighted by Gasteiger charge is -2.15. The number of nitrogens with one attached hydrogen (secondary N) is 1. The van der Waals surface area contributed by atoms with Crippen LogP contribution in [0.15, 0.2) is 30.9 Å². The largest absolute Gasteiger partial charge is 0.327 e. The van der Waals surface area contributed by atoms with Gasteiger partial charge in [-0.05, 0) is 6.07 Å². The van der Waals surface area contributed by atoms with Crippen molar-refractivity contribution >= 4 is 11.7 Å². The van der Waals surface area contributed by atoms with Crippen LogP contribution in [0.2, 0.25) is 0 Å². The number of hydrogen-bond donors (Lipinski definition) is 1. The third-order valence-electron chi connectivity index (χ3n) is 2.50. The summed E-state index contributed by atoms with van der Waals surface area (Å²) < 4.78 is 1.46. The van der Waals surface area contributed by atoms with E-state index >= 15 is 0 Å². The van der Waals surface area contributed by atoms with Gasteiger partial charge in [-0.25, -0.2) is 19.4 Å². The minimum atomic E-state index is -0.297. The molecule has 0 aliphatic rings. The van der Waals surface area contributed by atoms with Crippen molar-refractivity contribution in [1.29, 1.82) is 5.26 Å². The van der Waals surface area contributed by atoms with Crippen LogP contribution < -0.4 is 5.32 Å². The van der Waals surface area contributed by atoms with Crippen molar-refractivity contribution in [3.05, 3.63) is 30.9 Å². The number of urea groups is 1. The molecule has 0 fully saturated rings. The topological polar surface area (TPSA) is 99.7 Å². The Kier molecular flexibility index (Phi) is 4.24. The minimum absolute atomic E-state index is 0.293. The number of anilines is 1. The van der Waals surface area contributed by atoms with Gasteiger partial charge >= 0.3 is 6.03 Å². The molecule has 2 amide bonds. The fraction of sp³-hybridized carbons (Fsp3) is 0.250. The van der Waals surface area contributed by atoms with Gasteiger partial charge < -0.3 is 10.2 Å². The van der Waals surface area contributed by atoms with E-state index in [-0.39, 0.29) is 6.03 Å². The van der Waals surface area contributed by atoms with Gasteiger partial charge in [-0.3, -0.25) is 0 Å². The van der Waals surface area contributed by atoms with E-state index in [2.05, 4.69) is 20.4 Å². The van der Waals surface area contributed by atoms with Gasteiger partial charge in [0.15, 0.2) is 0 Å². The Morgan fingerprint density at radius 2 is 2.25 bits per heavy atom. The number of aromatic nitrogens is 4. The van der Waals surface area contributed by atoms with Crippen LogP contribution in [0.1, 0.15) is 6.42 Å². The molecule has 2 aromatic rings. The summed E-state index contributed by atoms with van der Waals surface area (Å²) in [7, 11) is 1.62. The summed E-state index contributed by atoms with van der Waals surface area (Å²) in [4.78, 5) is 21.3. The fourth-order valence-electron chi connectivity index (χ4n) is 1.44. The van der Waals surface area contributed by atoms with Crippen LogP contribution in [0, 0.1) is 11.3 Å². The molecular weight excluding hydrogens is 258 g/mol. The van der Waals surface area contributed by atoms with E-state index < -0.39 is 0 Å². The molecule has 2 aromatic heterocycles. The Morgan fingerprint density at radius 1 is 1.50 bits per heavy atom. The average molecular weight is 271 g/mol. The Bertz CT molecular complexity index is 616.